The average Bonchev–Trinajstić information content (AvgIpc) is 2.79. The third-order valence-electron chi connectivity index (χ3n) is 6.11. The van der Waals surface area contributed by atoms with Crippen molar-refractivity contribution in [3.63, 3.8) is 0 Å². The number of halogens is 1. The smallest absolute Gasteiger partial charge is 0.255 e. The highest BCUT2D eigenvalue weighted by atomic mass is 35.5. The molecule has 2 heterocycles. The van der Waals surface area contributed by atoms with Gasteiger partial charge in [-0.1, -0.05) is 35.9 Å². The molecule has 0 bridgehead atoms. The average molecular weight is 414 g/mol. The van der Waals surface area contributed by atoms with Crippen molar-refractivity contribution in [1.82, 2.24) is 9.80 Å². The van der Waals surface area contributed by atoms with Crippen molar-refractivity contribution in [2.75, 3.05) is 51.3 Å². The molecule has 29 heavy (non-hydrogen) atoms. The van der Waals surface area contributed by atoms with Gasteiger partial charge in [0.15, 0.2) is 0 Å². The normalized spacial score (nSPS) is 18.7. The predicted molar refractivity (Wildman–Crippen MR) is 117 cm³/mol. The van der Waals surface area contributed by atoms with Crippen LogP contribution in [0.25, 0.3) is 0 Å². The minimum atomic E-state index is 0.0510. The van der Waals surface area contributed by atoms with Crippen LogP contribution in [-0.4, -0.2) is 68.1 Å². The minimum absolute atomic E-state index is 0.0510. The number of para-hydroxylation sites is 2. The molecule has 0 N–H and O–H groups in total. The zero-order valence-electron chi connectivity index (χ0n) is 16.9. The van der Waals surface area contributed by atoms with E-state index in [2.05, 4.69) is 21.9 Å². The van der Waals surface area contributed by atoms with Gasteiger partial charge in [0.25, 0.3) is 5.91 Å². The second-order valence-electron chi connectivity index (χ2n) is 7.70. The predicted octanol–water partition coefficient (Wildman–Crippen LogP) is 3.78. The van der Waals surface area contributed by atoms with Gasteiger partial charge in [-0.05, 0) is 37.1 Å². The fraction of sp³-hybridized carbons (Fsp3) is 0.435. The van der Waals surface area contributed by atoms with E-state index in [0.29, 0.717) is 16.6 Å². The molecule has 1 amide bonds. The number of amides is 1. The monoisotopic (exact) mass is 413 g/mol. The SMILES string of the molecule is COc1ccccc1N1CCN(C2CCN(C(=O)c3ccccc3Cl)CC2)CC1. The van der Waals surface area contributed by atoms with Gasteiger partial charge in [0.05, 0.1) is 23.4 Å². The number of carbonyl (C=O) groups is 1. The number of piperazine rings is 1. The summed E-state index contributed by atoms with van der Waals surface area (Å²) in [5.41, 5.74) is 1.79. The molecular formula is C23H28ClN3O2. The van der Waals surface area contributed by atoms with E-state index in [1.54, 1.807) is 13.2 Å². The van der Waals surface area contributed by atoms with Crippen LogP contribution in [0.15, 0.2) is 48.5 Å². The molecule has 0 saturated carbocycles. The van der Waals surface area contributed by atoms with Crippen molar-refractivity contribution in [3.8, 4) is 5.75 Å². The first kappa shape index (κ1) is 20.0. The third-order valence-corrected chi connectivity index (χ3v) is 6.44. The molecule has 0 spiro atoms. The van der Waals surface area contributed by atoms with Gasteiger partial charge in [-0.3, -0.25) is 9.69 Å². The first-order valence-electron chi connectivity index (χ1n) is 10.3. The van der Waals surface area contributed by atoms with Gasteiger partial charge < -0.3 is 14.5 Å². The van der Waals surface area contributed by atoms with E-state index in [-0.39, 0.29) is 5.91 Å². The van der Waals surface area contributed by atoms with Crippen molar-refractivity contribution in [2.24, 2.45) is 0 Å². The number of methoxy groups -OCH3 is 1. The zero-order valence-corrected chi connectivity index (χ0v) is 17.6. The fourth-order valence-electron chi connectivity index (χ4n) is 4.46. The van der Waals surface area contributed by atoms with E-state index in [9.17, 15) is 4.79 Å². The Morgan fingerprint density at radius 1 is 0.931 bits per heavy atom. The standard InChI is InChI=1S/C23H28ClN3O2/c1-29-22-9-5-4-8-21(22)26-16-14-25(15-17-26)18-10-12-27(13-11-18)23(28)19-6-2-3-7-20(19)24/h2-9,18H,10-17H2,1H3. The number of likely N-dealkylation sites (tertiary alicyclic amines) is 1. The molecule has 6 heteroatoms. The Morgan fingerprint density at radius 3 is 2.28 bits per heavy atom. The van der Waals surface area contributed by atoms with Crippen LogP contribution in [0.4, 0.5) is 5.69 Å². The van der Waals surface area contributed by atoms with E-state index in [1.165, 1.54) is 5.69 Å². The molecule has 2 aliphatic rings. The van der Waals surface area contributed by atoms with Gasteiger partial charge in [-0.2, -0.15) is 0 Å². The second-order valence-corrected chi connectivity index (χ2v) is 8.11. The summed E-state index contributed by atoms with van der Waals surface area (Å²) in [4.78, 5) is 19.7. The van der Waals surface area contributed by atoms with E-state index in [0.717, 1.165) is 57.9 Å². The lowest BCUT2D eigenvalue weighted by atomic mass is 10.0. The Kier molecular flexibility index (Phi) is 6.26. The van der Waals surface area contributed by atoms with Crippen molar-refractivity contribution < 1.29 is 9.53 Å². The Bertz CT molecular complexity index is 844. The number of rotatable bonds is 4. The van der Waals surface area contributed by atoms with Crippen LogP contribution in [0.2, 0.25) is 5.02 Å². The molecule has 0 unspecified atom stereocenters. The number of hydrogen-bond donors (Lipinski definition) is 0. The third kappa shape index (κ3) is 4.36. The number of piperidine rings is 1. The van der Waals surface area contributed by atoms with Crippen LogP contribution in [-0.2, 0) is 0 Å². The summed E-state index contributed by atoms with van der Waals surface area (Å²) in [6, 6.07) is 16.1. The lowest BCUT2D eigenvalue weighted by Gasteiger charge is -2.43. The van der Waals surface area contributed by atoms with E-state index < -0.39 is 0 Å². The first-order valence-corrected chi connectivity index (χ1v) is 10.7. The summed E-state index contributed by atoms with van der Waals surface area (Å²) >= 11 is 6.21. The van der Waals surface area contributed by atoms with Gasteiger partial charge >= 0.3 is 0 Å². The molecule has 2 fully saturated rings. The molecule has 4 rings (SSSR count). The molecule has 154 valence electrons. The molecular weight excluding hydrogens is 386 g/mol. The molecule has 2 aliphatic heterocycles. The maximum absolute atomic E-state index is 12.8. The van der Waals surface area contributed by atoms with Crippen LogP contribution in [0, 0.1) is 0 Å². The van der Waals surface area contributed by atoms with Gasteiger partial charge in [0.1, 0.15) is 5.75 Å². The van der Waals surface area contributed by atoms with Gasteiger partial charge in [0.2, 0.25) is 0 Å². The number of nitrogens with zero attached hydrogens (tertiary/aromatic N) is 3. The van der Waals surface area contributed by atoms with Crippen LogP contribution in [0.3, 0.4) is 0 Å². The number of anilines is 1. The first-order chi connectivity index (χ1) is 14.2. The zero-order chi connectivity index (χ0) is 20.2. The summed E-state index contributed by atoms with van der Waals surface area (Å²) in [6.45, 7) is 5.67. The Labute approximate surface area is 177 Å². The summed E-state index contributed by atoms with van der Waals surface area (Å²) in [7, 11) is 1.73. The molecule has 0 aromatic heterocycles. The maximum atomic E-state index is 12.8. The van der Waals surface area contributed by atoms with Crippen molar-refractivity contribution in [1.29, 1.82) is 0 Å². The fourth-order valence-corrected chi connectivity index (χ4v) is 4.67. The Balaban J connectivity index is 1.30. The second kappa shape index (κ2) is 9.06. The van der Waals surface area contributed by atoms with Gasteiger partial charge in [-0.15, -0.1) is 0 Å². The van der Waals surface area contributed by atoms with Crippen molar-refractivity contribution in [3.05, 3.63) is 59.1 Å². The van der Waals surface area contributed by atoms with E-state index in [1.807, 2.05) is 35.2 Å². The molecule has 0 radical (unpaired) electrons. The van der Waals surface area contributed by atoms with E-state index in [4.69, 9.17) is 16.3 Å². The lowest BCUT2D eigenvalue weighted by Crippen LogP contribution is -2.53. The van der Waals surface area contributed by atoms with Gasteiger partial charge in [-0.25, -0.2) is 0 Å². The Morgan fingerprint density at radius 2 is 1.59 bits per heavy atom. The minimum Gasteiger partial charge on any atom is -0.495 e. The number of carbonyl (C=O) groups excluding carboxylic acids is 1. The number of ether oxygens (including phenoxy) is 1. The highest BCUT2D eigenvalue weighted by molar-refractivity contribution is 6.33. The maximum Gasteiger partial charge on any atom is 0.255 e. The van der Waals surface area contributed by atoms with Crippen LogP contribution >= 0.6 is 11.6 Å². The van der Waals surface area contributed by atoms with Crippen LogP contribution in [0.1, 0.15) is 23.2 Å². The molecule has 0 atom stereocenters. The Hall–Kier alpha value is -2.24. The van der Waals surface area contributed by atoms with E-state index >= 15 is 0 Å². The molecule has 2 aromatic carbocycles. The van der Waals surface area contributed by atoms with Crippen LogP contribution < -0.4 is 9.64 Å². The summed E-state index contributed by atoms with van der Waals surface area (Å²) in [6.07, 6.45) is 2.04. The summed E-state index contributed by atoms with van der Waals surface area (Å²) in [5, 5.41) is 0.534. The van der Waals surface area contributed by atoms with Gasteiger partial charge in [0, 0.05) is 45.3 Å². The lowest BCUT2D eigenvalue weighted by molar-refractivity contribution is 0.0611. The topological polar surface area (TPSA) is 36.0 Å². The summed E-state index contributed by atoms with van der Waals surface area (Å²) < 4.78 is 5.52. The molecule has 5 nitrogen and oxygen atoms in total. The molecule has 2 aromatic rings. The number of hydrogen-bond acceptors (Lipinski definition) is 4. The highest BCUT2D eigenvalue weighted by Gasteiger charge is 2.30. The number of benzene rings is 2. The van der Waals surface area contributed by atoms with Crippen molar-refractivity contribution >= 4 is 23.2 Å². The highest BCUT2D eigenvalue weighted by Crippen LogP contribution is 2.29. The molecule has 2 saturated heterocycles. The van der Waals surface area contributed by atoms with Crippen LogP contribution in [0.5, 0.6) is 5.75 Å². The largest absolute Gasteiger partial charge is 0.495 e. The van der Waals surface area contributed by atoms with Crippen molar-refractivity contribution in [2.45, 2.75) is 18.9 Å². The summed E-state index contributed by atoms with van der Waals surface area (Å²) in [5.74, 6) is 0.988. The molecule has 0 aliphatic carbocycles. The quantitative estimate of drug-likeness (QED) is 0.764.